The fourth-order valence-corrected chi connectivity index (χ4v) is 1.53. The summed E-state index contributed by atoms with van der Waals surface area (Å²) in [5.74, 6) is 0.567. The normalized spacial score (nSPS) is 10.2. The molecule has 0 aromatic carbocycles. The zero-order chi connectivity index (χ0) is 12.7. The van der Waals surface area contributed by atoms with Crippen LogP contribution in [0.2, 0.25) is 0 Å². The molecule has 0 bridgehead atoms. The standard InChI is InChI=1S/C11H18N4OS/c1-2-3-6-15(7-8-16)11-13-5-4-9(14-11)10(12)17/h4-5,16H,2-3,6-8H2,1H3,(H2,12,17). The van der Waals surface area contributed by atoms with Crippen molar-refractivity contribution < 1.29 is 5.11 Å². The van der Waals surface area contributed by atoms with Gasteiger partial charge in [0.25, 0.3) is 0 Å². The van der Waals surface area contributed by atoms with Crippen molar-refractivity contribution in [2.24, 2.45) is 5.73 Å². The smallest absolute Gasteiger partial charge is 0.226 e. The van der Waals surface area contributed by atoms with Gasteiger partial charge in [-0.2, -0.15) is 0 Å². The number of aliphatic hydroxyl groups excluding tert-OH is 1. The van der Waals surface area contributed by atoms with Gasteiger partial charge in [0.15, 0.2) is 0 Å². The molecule has 0 aliphatic heterocycles. The first-order valence-electron chi connectivity index (χ1n) is 5.67. The molecule has 0 amide bonds. The van der Waals surface area contributed by atoms with E-state index in [2.05, 4.69) is 16.9 Å². The van der Waals surface area contributed by atoms with E-state index in [1.54, 1.807) is 12.3 Å². The molecule has 3 N–H and O–H groups in total. The van der Waals surface area contributed by atoms with E-state index in [9.17, 15) is 0 Å². The van der Waals surface area contributed by atoms with Crippen molar-refractivity contribution in [3.63, 3.8) is 0 Å². The average molecular weight is 254 g/mol. The zero-order valence-corrected chi connectivity index (χ0v) is 10.8. The zero-order valence-electron chi connectivity index (χ0n) is 9.96. The molecule has 0 saturated carbocycles. The number of nitrogens with zero attached hydrogens (tertiary/aromatic N) is 3. The molecule has 0 fully saturated rings. The van der Waals surface area contributed by atoms with Crippen molar-refractivity contribution in [3.05, 3.63) is 18.0 Å². The largest absolute Gasteiger partial charge is 0.395 e. The van der Waals surface area contributed by atoms with Gasteiger partial charge in [-0.15, -0.1) is 0 Å². The van der Waals surface area contributed by atoms with E-state index in [1.807, 2.05) is 4.90 Å². The molecule has 0 spiro atoms. The minimum absolute atomic E-state index is 0.0738. The Morgan fingerprint density at radius 2 is 2.29 bits per heavy atom. The van der Waals surface area contributed by atoms with E-state index in [0.717, 1.165) is 19.4 Å². The Bertz CT molecular complexity index is 372. The van der Waals surface area contributed by atoms with Crippen LogP contribution in [-0.4, -0.2) is 39.8 Å². The van der Waals surface area contributed by atoms with E-state index in [4.69, 9.17) is 23.1 Å². The number of aliphatic hydroxyl groups is 1. The van der Waals surface area contributed by atoms with E-state index >= 15 is 0 Å². The fraction of sp³-hybridized carbons (Fsp3) is 0.545. The first-order chi connectivity index (χ1) is 8.19. The van der Waals surface area contributed by atoms with Gasteiger partial charge in [0.05, 0.1) is 6.61 Å². The summed E-state index contributed by atoms with van der Waals surface area (Å²) in [7, 11) is 0. The van der Waals surface area contributed by atoms with Gasteiger partial charge in [-0.05, 0) is 12.5 Å². The minimum atomic E-state index is 0.0738. The molecule has 0 saturated heterocycles. The predicted octanol–water partition coefficient (Wildman–Crippen LogP) is 0.710. The topological polar surface area (TPSA) is 75.3 Å². The molecular formula is C11H18N4OS. The lowest BCUT2D eigenvalue weighted by Crippen LogP contribution is -2.30. The third-order valence-electron chi connectivity index (χ3n) is 2.33. The SMILES string of the molecule is CCCCN(CCO)c1nccc(C(N)=S)n1. The molecule has 1 aromatic rings. The molecule has 0 unspecified atom stereocenters. The van der Waals surface area contributed by atoms with Crippen LogP contribution in [0.1, 0.15) is 25.5 Å². The molecule has 1 heterocycles. The van der Waals surface area contributed by atoms with Gasteiger partial charge in [-0.3, -0.25) is 0 Å². The molecule has 1 rings (SSSR count). The lowest BCUT2D eigenvalue weighted by atomic mass is 10.3. The highest BCUT2D eigenvalue weighted by molar-refractivity contribution is 7.80. The molecule has 6 heteroatoms. The van der Waals surface area contributed by atoms with Crippen LogP contribution in [0, 0.1) is 0 Å². The maximum Gasteiger partial charge on any atom is 0.226 e. The quantitative estimate of drug-likeness (QED) is 0.698. The summed E-state index contributed by atoms with van der Waals surface area (Å²) in [6, 6.07) is 1.68. The number of nitrogens with two attached hydrogens (primary N) is 1. The number of rotatable bonds is 7. The summed E-state index contributed by atoms with van der Waals surface area (Å²) in [4.78, 5) is 10.7. The molecule has 0 aliphatic carbocycles. The Labute approximate surface area is 107 Å². The van der Waals surface area contributed by atoms with E-state index in [1.165, 1.54) is 0 Å². The van der Waals surface area contributed by atoms with Crippen molar-refractivity contribution in [2.45, 2.75) is 19.8 Å². The van der Waals surface area contributed by atoms with Crippen LogP contribution >= 0.6 is 12.2 Å². The second kappa shape index (κ2) is 7.13. The van der Waals surface area contributed by atoms with Crippen LogP contribution in [0.5, 0.6) is 0 Å². The third kappa shape index (κ3) is 4.24. The number of aromatic nitrogens is 2. The molecule has 1 aromatic heterocycles. The molecular weight excluding hydrogens is 236 g/mol. The van der Waals surface area contributed by atoms with Crippen LogP contribution in [-0.2, 0) is 0 Å². The highest BCUT2D eigenvalue weighted by atomic mass is 32.1. The third-order valence-corrected chi connectivity index (χ3v) is 2.54. The van der Waals surface area contributed by atoms with Gasteiger partial charge >= 0.3 is 0 Å². The van der Waals surface area contributed by atoms with Gasteiger partial charge in [0.1, 0.15) is 10.7 Å². The Balaban J connectivity index is 2.84. The summed E-state index contributed by atoms with van der Waals surface area (Å²) >= 11 is 4.88. The van der Waals surface area contributed by atoms with Gasteiger partial charge in [0.2, 0.25) is 5.95 Å². The first kappa shape index (κ1) is 13.8. The molecule has 94 valence electrons. The summed E-state index contributed by atoms with van der Waals surface area (Å²) in [6.07, 6.45) is 3.74. The Hall–Kier alpha value is -1.27. The Morgan fingerprint density at radius 1 is 1.53 bits per heavy atom. The van der Waals surface area contributed by atoms with Crippen LogP contribution in [0.3, 0.4) is 0 Å². The highest BCUT2D eigenvalue weighted by Gasteiger charge is 2.09. The van der Waals surface area contributed by atoms with Crippen molar-refractivity contribution in [2.75, 3.05) is 24.6 Å². The second-order valence-corrected chi connectivity index (χ2v) is 4.11. The van der Waals surface area contributed by atoms with E-state index in [0.29, 0.717) is 18.2 Å². The number of hydrogen-bond acceptors (Lipinski definition) is 5. The van der Waals surface area contributed by atoms with Crippen LogP contribution < -0.4 is 10.6 Å². The summed E-state index contributed by atoms with van der Waals surface area (Å²) in [5, 5.41) is 9.03. The molecule has 5 nitrogen and oxygen atoms in total. The van der Waals surface area contributed by atoms with E-state index in [-0.39, 0.29) is 11.6 Å². The fourth-order valence-electron chi connectivity index (χ4n) is 1.42. The monoisotopic (exact) mass is 254 g/mol. The van der Waals surface area contributed by atoms with Crippen LogP contribution in [0.25, 0.3) is 0 Å². The summed E-state index contributed by atoms with van der Waals surface area (Å²) < 4.78 is 0. The van der Waals surface area contributed by atoms with Crippen molar-refractivity contribution in [1.29, 1.82) is 0 Å². The summed E-state index contributed by atoms with van der Waals surface area (Å²) in [5.41, 5.74) is 6.09. The van der Waals surface area contributed by atoms with Gasteiger partial charge < -0.3 is 15.7 Å². The number of hydrogen-bond donors (Lipinski definition) is 2. The number of thiocarbonyl (C=S) groups is 1. The van der Waals surface area contributed by atoms with Gasteiger partial charge in [-0.25, -0.2) is 9.97 Å². The second-order valence-electron chi connectivity index (χ2n) is 3.67. The lowest BCUT2D eigenvalue weighted by molar-refractivity contribution is 0.301. The first-order valence-corrected chi connectivity index (χ1v) is 6.08. The number of unbranched alkanes of at least 4 members (excludes halogenated alkanes) is 1. The molecule has 0 radical (unpaired) electrons. The Kier molecular flexibility index (Phi) is 5.79. The van der Waals surface area contributed by atoms with Crippen molar-refractivity contribution in [1.82, 2.24) is 9.97 Å². The maximum absolute atomic E-state index is 9.03. The maximum atomic E-state index is 9.03. The van der Waals surface area contributed by atoms with Crippen LogP contribution in [0.15, 0.2) is 12.3 Å². The molecule has 0 atom stereocenters. The average Bonchev–Trinajstić information content (AvgIpc) is 2.34. The van der Waals surface area contributed by atoms with Crippen molar-refractivity contribution in [3.8, 4) is 0 Å². The highest BCUT2D eigenvalue weighted by Crippen LogP contribution is 2.08. The van der Waals surface area contributed by atoms with Crippen molar-refractivity contribution >= 4 is 23.2 Å². The van der Waals surface area contributed by atoms with E-state index < -0.39 is 0 Å². The van der Waals surface area contributed by atoms with Gasteiger partial charge in [0, 0.05) is 19.3 Å². The Morgan fingerprint density at radius 3 is 2.88 bits per heavy atom. The van der Waals surface area contributed by atoms with Crippen LogP contribution in [0.4, 0.5) is 5.95 Å². The minimum Gasteiger partial charge on any atom is -0.395 e. The lowest BCUT2D eigenvalue weighted by Gasteiger charge is -2.21. The molecule has 0 aliphatic rings. The summed E-state index contributed by atoms with van der Waals surface area (Å²) in [6.45, 7) is 3.52. The number of anilines is 1. The van der Waals surface area contributed by atoms with Gasteiger partial charge in [-0.1, -0.05) is 25.6 Å². The predicted molar refractivity (Wildman–Crippen MR) is 72.1 cm³/mol. The molecule has 17 heavy (non-hydrogen) atoms.